The molecule has 1 heterocycles. The first-order valence-electron chi connectivity index (χ1n) is 19.3. The van der Waals surface area contributed by atoms with E-state index in [4.69, 9.17) is 0 Å². The molecule has 2 nitrogen and oxygen atoms in total. The lowest BCUT2D eigenvalue weighted by Crippen LogP contribution is -2.10. The quantitative estimate of drug-likeness (QED) is 0.167. The highest BCUT2D eigenvalue weighted by Crippen LogP contribution is 2.45. The Morgan fingerprint density at radius 3 is 1.79 bits per heavy atom. The zero-order valence-electron chi connectivity index (χ0n) is 30.7. The van der Waals surface area contributed by atoms with Gasteiger partial charge >= 0.3 is 0 Å². The summed E-state index contributed by atoms with van der Waals surface area (Å²) in [5, 5.41) is 9.91. The fraction of sp³-hybridized carbons (Fsp3) is 0. The van der Waals surface area contributed by atoms with Crippen LogP contribution in [0.5, 0.6) is 0 Å². The minimum absolute atomic E-state index is 1.10. The number of rotatable bonds is 6. The lowest BCUT2D eigenvalue weighted by atomic mass is 9.94. The van der Waals surface area contributed by atoms with E-state index in [0.29, 0.717) is 0 Å². The van der Waals surface area contributed by atoms with Crippen molar-refractivity contribution in [2.45, 2.75) is 0 Å². The summed E-state index contributed by atoms with van der Waals surface area (Å²) in [6.45, 7) is 0. The van der Waals surface area contributed by atoms with Crippen molar-refractivity contribution in [2.24, 2.45) is 0 Å². The van der Waals surface area contributed by atoms with E-state index in [1.165, 1.54) is 76.4 Å². The number of aromatic nitrogens is 1. The molecular formula is C54H36N2. The molecule has 0 amide bonds. The summed E-state index contributed by atoms with van der Waals surface area (Å²) in [5.74, 6) is 0. The van der Waals surface area contributed by atoms with Gasteiger partial charge in [-0.2, -0.15) is 0 Å². The first-order chi connectivity index (χ1) is 27.8. The third-order valence-corrected chi connectivity index (χ3v) is 11.3. The Bertz CT molecular complexity index is 3240. The monoisotopic (exact) mass is 712 g/mol. The smallest absolute Gasteiger partial charge is 0.0625 e. The fourth-order valence-electron chi connectivity index (χ4n) is 8.75. The van der Waals surface area contributed by atoms with Gasteiger partial charge in [0.2, 0.25) is 0 Å². The third kappa shape index (κ3) is 5.26. The van der Waals surface area contributed by atoms with E-state index in [2.05, 4.69) is 228 Å². The van der Waals surface area contributed by atoms with Crippen LogP contribution in [-0.4, -0.2) is 4.57 Å². The van der Waals surface area contributed by atoms with Crippen LogP contribution in [0.4, 0.5) is 17.1 Å². The molecule has 0 radical (unpaired) electrons. The molecule has 56 heavy (non-hydrogen) atoms. The van der Waals surface area contributed by atoms with Crippen LogP contribution in [0.3, 0.4) is 0 Å². The Labute approximate surface area is 325 Å². The molecule has 0 atom stereocenters. The molecule has 0 fully saturated rings. The van der Waals surface area contributed by atoms with Crippen molar-refractivity contribution in [1.29, 1.82) is 0 Å². The number of hydrogen-bond acceptors (Lipinski definition) is 1. The molecule has 0 aliphatic heterocycles. The first kappa shape index (κ1) is 32.0. The Balaban J connectivity index is 1.13. The van der Waals surface area contributed by atoms with Crippen LogP contribution in [0.15, 0.2) is 218 Å². The minimum Gasteiger partial charge on any atom is -0.310 e. The molecule has 11 aromatic rings. The molecule has 0 spiro atoms. The van der Waals surface area contributed by atoms with Crippen molar-refractivity contribution in [3.8, 4) is 27.9 Å². The second kappa shape index (κ2) is 13.2. The predicted molar refractivity (Wildman–Crippen MR) is 239 cm³/mol. The Morgan fingerprint density at radius 1 is 0.321 bits per heavy atom. The summed E-state index contributed by atoms with van der Waals surface area (Å²) in [6.07, 6.45) is 0. The molecule has 262 valence electrons. The summed E-state index contributed by atoms with van der Waals surface area (Å²) in [7, 11) is 0. The van der Waals surface area contributed by atoms with Gasteiger partial charge < -0.3 is 9.47 Å². The zero-order valence-corrected chi connectivity index (χ0v) is 30.7. The van der Waals surface area contributed by atoms with Crippen molar-refractivity contribution in [1.82, 2.24) is 4.57 Å². The average Bonchev–Trinajstić information content (AvgIpc) is 3.62. The fourth-order valence-corrected chi connectivity index (χ4v) is 8.75. The zero-order chi connectivity index (χ0) is 37.0. The molecule has 0 bridgehead atoms. The van der Waals surface area contributed by atoms with Crippen LogP contribution in [0.25, 0.3) is 82.1 Å². The Hall–Kier alpha value is -7.42. The molecule has 2 heteroatoms. The van der Waals surface area contributed by atoms with Crippen LogP contribution in [-0.2, 0) is 0 Å². The van der Waals surface area contributed by atoms with Crippen LogP contribution in [0.2, 0.25) is 0 Å². The third-order valence-electron chi connectivity index (χ3n) is 11.3. The molecule has 0 saturated heterocycles. The summed E-state index contributed by atoms with van der Waals surface area (Å²) in [6, 6.07) is 79.5. The number of hydrogen-bond donors (Lipinski definition) is 0. The topological polar surface area (TPSA) is 8.17 Å². The molecule has 1 aromatic heterocycles. The minimum atomic E-state index is 1.10. The molecule has 0 saturated carbocycles. The van der Waals surface area contributed by atoms with Gasteiger partial charge in [-0.05, 0) is 110 Å². The van der Waals surface area contributed by atoms with Gasteiger partial charge in [0, 0.05) is 38.9 Å². The number of nitrogens with zero attached hydrogens (tertiary/aromatic N) is 2. The molecular weight excluding hydrogens is 677 g/mol. The van der Waals surface area contributed by atoms with E-state index in [9.17, 15) is 0 Å². The maximum Gasteiger partial charge on any atom is 0.0625 e. The standard InChI is InChI=1S/C54H36N2/c1-2-20-43(21-3-1)56-52-27-11-10-25-50(52)53-51(36-42-17-7-9-24-49(42)54(53)56)41-19-12-22-45(35-41)55(46-33-28-37-14-4-5-16-40(37)34-46)44-31-29-39(30-32-44)48-26-13-18-38-15-6-8-23-47(38)48/h1-36H. The molecule has 11 rings (SSSR count). The number of para-hydroxylation sites is 2. The van der Waals surface area contributed by atoms with Gasteiger partial charge in [0.25, 0.3) is 0 Å². The highest BCUT2D eigenvalue weighted by molar-refractivity contribution is 6.24. The average molecular weight is 713 g/mol. The van der Waals surface area contributed by atoms with Crippen LogP contribution in [0, 0.1) is 0 Å². The highest BCUT2D eigenvalue weighted by Gasteiger charge is 2.21. The van der Waals surface area contributed by atoms with E-state index in [-0.39, 0.29) is 0 Å². The van der Waals surface area contributed by atoms with Crippen LogP contribution >= 0.6 is 0 Å². The van der Waals surface area contributed by atoms with Gasteiger partial charge in [-0.15, -0.1) is 0 Å². The van der Waals surface area contributed by atoms with Crippen molar-refractivity contribution in [3.63, 3.8) is 0 Å². The molecule has 0 aliphatic rings. The predicted octanol–water partition coefficient (Wildman–Crippen LogP) is 15.0. The SMILES string of the molecule is c1ccc(-n2c3ccccc3c3c(-c4cccc(N(c5ccc(-c6cccc7ccccc67)cc5)c5ccc6ccccc6c5)c4)cc4ccccc4c32)cc1. The number of anilines is 3. The lowest BCUT2D eigenvalue weighted by Gasteiger charge is -2.27. The Kier molecular flexibility index (Phi) is 7.53. The van der Waals surface area contributed by atoms with Gasteiger partial charge in [0.05, 0.1) is 11.0 Å². The van der Waals surface area contributed by atoms with Gasteiger partial charge in [-0.25, -0.2) is 0 Å². The molecule has 0 N–H and O–H groups in total. The molecule has 10 aromatic carbocycles. The van der Waals surface area contributed by atoms with Gasteiger partial charge in [0.15, 0.2) is 0 Å². The van der Waals surface area contributed by atoms with Crippen molar-refractivity contribution in [3.05, 3.63) is 218 Å². The Morgan fingerprint density at radius 2 is 0.946 bits per heavy atom. The lowest BCUT2D eigenvalue weighted by molar-refractivity contribution is 1.19. The van der Waals surface area contributed by atoms with E-state index < -0.39 is 0 Å². The normalized spacial score (nSPS) is 11.6. The van der Waals surface area contributed by atoms with E-state index in [1.54, 1.807) is 0 Å². The van der Waals surface area contributed by atoms with Crippen molar-refractivity contribution >= 4 is 71.2 Å². The number of fused-ring (bicyclic) bond motifs is 7. The van der Waals surface area contributed by atoms with Gasteiger partial charge in [-0.1, -0.05) is 158 Å². The maximum absolute atomic E-state index is 2.44. The van der Waals surface area contributed by atoms with Crippen molar-refractivity contribution < 1.29 is 0 Å². The van der Waals surface area contributed by atoms with E-state index in [0.717, 1.165) is 22.7 Å². The first-order valence-corrected chi connectivity index (χ1v) is 19.3. The summed E-state index contributed by atoms with van der Waals surface area (Å²) >= 11 is 0. The van der Waals surface area contributed by atoms with E-state index in [1.807, 2.05) is 0 Å². The molecule has 0 unspecified atom stereocenters. The van der Waals surface area contributed by atoms with Gasteiger partial charge in [0.1, 0.15) is 0 Å². The summed E-state index contributed by atoms with van der Waals surface area (Å²) in [4.78, 5) is 2.40. The van der Waals surface area contributed by atoms with Crippen LogP contribution < -0.4 is 4.90 Å². The van der Waals surface area contributed by atoms with Gasteiger partial charge in [-0.3, -0.25) is 0 Å². The molecule has 0 aliphatic carbocycles. The maximum atomic E-state index is 2.44. The second-order valence-corrected chi connectivity index (χ2v) is 14.5. The van der Waals surface area contributed by atoms with E-state index >= 15 is 0 Å². The largest absolute Gasteiger partial charge is 0.310 e. The summed E-state index contributed by atoms with van der Waals surface area (Å²) < 4.78 is 2.44. The second-order valence-electron chi connectivity index (χ2n) is 14.5. The number of benzene rings is 10. The summed E-state index contributed by atoms with van der Waals surface area (Å²) in [5.41, 5.74) is 11.7. The van der Waals surface area contributed by atoms with Crippen molar-refractivity contribution in [2.75, 3.05) is 4.90 Å². The van der Waals surface area contributed by atoms with Crippen LogP contribution in [0.1, 0.15) is 0 Å². The highest BCUT2D eigenvalue weighted by atomic mass is 15.1.